The van der Waals surface area contributed by atoms with Gasteiger partial charge in [0.1, 0.15) is 4.90 Å². The van der Waals surface area contributed by atoms with Gasteiger partial charge in [-0.15, -0.1) is 0 Å². The third-order valence-electron chi connectivity index (χ3n) is 3.75. The molecule has 1 aliphatic heterocycles. The van der Waals surface area contributed by atoms with Crippen molar-refractivity contribution in [2.24, 2.45) is 13.0 Å². The van der Waals surface area contributed by atoms with Crippen molar-refractivity contribution in [3.63, 3.8) is 0 Å². The second kappa shape index (κ2) is 5.16. The molecule has 1 atom stereocenters. The zero-order valence-electron chi connectivity index (χ0n) is 11.7. The molecule has 0 bridgehead atoms. The van der Waals surface area contributed by atoms with Crippen LogP contribution in [0.1, 0.15) is 18.5 Å². The van der Waals surface area contributed by atoms with Crippen LogP contribution >= 0.6 is 0 Å². The summed E-state index contributed by atoms with van der Waals surface area (Å²) in [6.45, 7) is 1.00. The molecule has 1 aromatic heterocycles. The van der Waals surface area contributed by atoms with Gasteiger partial charge in [0.15, 0.2) is 5.82 Å². The first-order valence-corrected chi connectivity index (χ1v) is 7.85. The molecule has 0 radical (unpaired) electrons. The second-order valence-corrected chi connectivity index (χ2v) is 7.04. The predicted octanol–water partition coefficient (Wildman–Crippen LogP) is 1.27. The molecule has 1 aliphatic rings. The smallest absolute Gasteiger partial charge is 0.381 e. The number of nitrogens with zero attached hydrogens (tertiary/aromatic N) is 3. The lowest BCUT2D eigenvalue weighted by molar-refractivity contribution is -0.182. The molecule has 6 nitrogen and oxygen atoms in total. The SMILES string of the molecule is Cc1c(S(=O)(=O)N2CCCC(C(F)(F)F)C2)c(N)nn1C. The van der Waals surface area contributed by atoms with E-state index in [9.17, 15) is 21.6 Å². The van der Waals surface area contributed by atoms with Crippen molar-refractivity contribution in [2.75, 3.05) is 18.8 Å². The number of nitrogens with two attached hydrogens (primary N) is 1. The van der Waals surface area contributed by atoms with Gasteiger partial charge in [0.05, 0.1) is 11.6 Å². The summed E-state index contributed by atoms with van der Waals surface area (Å²) in [7, 11) is -2.54. The minimum Gasteiger partial charge on any atom is -0.381 e. The molecule has 0 aromatic carbocycles. The Morgan fingerprint density at radius 3 is 2.48 bits per heavy atom. The number of alkyl halides is 3. The number of anilines is 1. The maximum absolute atomic E-state index is 12.8. The normalized spacial score (nSPS) is 21.7. The van der Waals surface area contributed by atoms with Crippen molar-refractivity contribution in [1.82, 2.24) is 14.1 Å². The van der Waals surface area contributed by atoms with Crippen molar-refractivity contribution in [3.8, 4) is 0 Å². The number of aryl methyl sites for hydroxylation is 1. The molecule has 0 saturated carbocycles. The average Bonchev–Trinajstić information content (AvgIpc) is 2.62. The molecular formula is C11H17F3N4O2S. The lowest BCUT2D eigenvalue weighted by atomic mass is 9.99. The molecule has 0 spiro atoms. The van der Waals surface area contributed by atoms with Gasteiger partial charge in [0, 0.05) is 20.1 Å². The Hall–Kier alpha value is -1.29. The molecule has 0 aliphatic carbocycles. The summed E-state index contributed by atoms with van der Waals surface area (Å²) >= 11 is 0. The van der Waals surface area contributed by atoms with Crippen molar-refractivity contribution in [1.29, 1.82) is 0 Å². The van der Waals surface area contributed by atoms with Crippen LogP contribution in [0.3, 0.4) is 0 Å². The largest absolute Gasteiger partial charge is 0.393 e. The van der Waals surface area contributed by atoms with E-state index in [0.717, 1.165) is 4.31 Å². The highest BCUT2D eigenvalue weighted by molar-refractivity contribution is 7.89. The van der Waals surface area contributed by atoms with Gasteiger partial charge in [0.2, 0.25) is 10.0 Å². The van der Waals surface area contributed by atoms with E-state index in [0.29, 0.717) is 5.69 Å². The lowest BCUT2D eigenvalue weighted by Crippen LogP contribution is -2.44. The first-order chi connectivity index (χ1) is 9.55. The van der Waals surface area contributed by atoms with Crippen LogP contribution in [-0.2, 0) is 17.1 Å². The number of sulfonamides is 1. The molecule has 10 heteroatoms. The Bertz CT molecular complexity index is 639. The number of aromatic nitrogens is 2. The fraction of sp³-hybridized carbons (Fsp3) is 0.727. The fourth-order valence-corrected chi connectivity index (χ4v) is 4.30. The van der Waals surface area contributed by atoms with Crippen LogP contribution in [0.5, 0.6) is 0 Å². The van der Waals surface area contributed by atoms with Crippen LogP contribution in [0.4, 0.5) is 19.0 Å². The fourth-order valence-electron chi connectivity index (χ4n) is 2.49. The van der Waals surface area contributed by atoms with E-state index in [4.69, 9.17) is 5.73 Å². The Labute approximate surface area is 120 Å². The third-order valence-corrected chi connectivity index (χ3v) is 5.78. The minimum atomic E-state index is -4.40. The van der Waals surface area contributed by atoms with Crippen molar-refractivity contribution >= 4 is 15.8 Å². The Kier molecular flexibility index (Phi) is 3.96. The first-order valence-electron chi connectivity index (χ1n) is 6.41. The summed E-state index contributed by atoms with van der Waals surface area (Å²) in [6, 6.07) is 0. The van der Waals surface area contributed by atoms with Crippen LogP contribution in [0, 0.1) is 12.8 Å². The van der Waals surface area contributed by atoms with E-state index < -0.39 is 28.7 Å². The van der Waals surface area contributed by atoms with Gasteiger partial charge in [-0.1, -0.05) is 0 Å². The number of halogens is 3. The average molecular weight is 326 g/mol. The van der Waals surface area contributed by atoms with Gasteiger partial charge in [-0.2, -0.15) is 22.6 Å². The Morgan fingerprint density at radius 1 is 1.38 bits per heavy atom. The van der Waals surface area contributed by atoms with Crippen LogP contribution in [0.25, 0.3) is 0 Å². The zero-order valence-corrected chi connectivity index (χ0v) is 12.5. The van der Waals surface area contributed by atoms with Crippen LogP contribution in [0.2, 0.25) is 0 Å². The molecule has 21 heavy (non-hydrogen) atoms. The summed E-state index contributed by atoms with van der Waals surface area (Å²) in [4.78, 5) is -0.201. The van der Waals surface area contributed by atoms with Gasteiger partial charge < -0.3 is 5.73 Å². The first kappa shape index (κ1) is 16.1. The van der Waals surface area contributed by atoms with Gasteiger partial charge in [-0.3, -0.25) is 4.68 Å². The molecule has 1 aromatic rings. The van der Waals surface area contributed by atoms with E-state index >= 15 is 0 Å². The number of nitrogen functional groups attached to an aromatic ring is 1. The van der Waals surface area contributed by atoms with E-state index in [-0.39, 0.29) is 30.1 Å². The molecule has 2 heterocycles. The summed E-state index contributed by atoms with van der Waals surface area (Å²) in [5.74, 6) is -1.83. The van der Waals surface area contributed by atoms with Crippen molar-refractivity contribution < 1.29 is 21.6 Å². The van der Waals surface area contributed by atoms with Gasteiger partial charge in [-0.05, 0) is 19.8 Å². The van der Waals surface area contributed by atoms with Crippen LogP contribution in [0.15, 0.2) is 4.90 Å². The quantitative estimate of drug-likeness (QED) is 0.887. The summed E-state index contributed by atoms with van der Waals surface area (Å²) in [6.07, 6.45) is -4.29. The van der Waals surface area contributed by atoms with Gasteiger partial charge in [-0.25, -0.2) is 8.42 Å². The molecule has 0 amide bonds. The summed E-state index contributed by atoms with van der Waals surface area (Å²) in [5, 5.41) is 3.81. The zero-order chi connectivity index (χ0) is 16.0. The highest BCUT2D eigenvalue weighted by atomic mass is 32.2. The second-order valence-electron chi connectivity index (χ2n) is 5.17. The van der Waals surface area contributed by atoms with Crippen molar-refractivity contribution in [2.45, 2.75) is 30.8 Å². The van der Waals surface area contributed by atoms with E-state index in [1.807, 2.05) is 0 Å². The van der Waals surface area contributed by atoms with Crippen molar-refractivity contribution in [3.05, 3.63) is 5.69 Å². The van der Waals surface area contributed by atoms with Crippen LogP contribution < -0.4 is 5.73 Å². The molecular weight excluding hydrogens is 309 g/mol. The molecule has 2 N–H and O–H groups in total. The maximum Gasteiger partial charge on any atom is 0.393 e. The number of hydrogen-bond donors (Lipinski definition) is 1. The maximum atomic E-state index is 12.8. The number of piperidine rings is 1. The van der Waals surface area contributed by atoms with E-state index in [1.165, 1.54) is 18.7 Å². The topological polar surface area (TPSA) is 81.2 Å². The standard InChI is InChI=1S/C11H17F3N4O2S/c1-7-9(10(15)16-17(7)2)21(19,20)18-5-3-4-8(6-18)11(12,13)14/h8H,3-6H2,1-2H3,(H2,15,16). The third kappa shape index (κ3) is 2.86. The van der Waals surface area contributed by atoms with E-state index in [1.54, 1.807) is 0 Å². The monoisotopic (exact) mass is 326 g/mol. The minimum absolute atomic E-state index is 0.0582. The molecule has 2 rings (SSSR count). The number of rotatable bonds is 2. The van der Waals surface area contributed by atoms with E-state index in [2.05, 4.69) is 5.10 Å². The van der Waals surface area contributed by atoms with Gasteiger partial charge in [0.25, 0.3) is 0 Å². The number of hydrogen-bond acceptors (Lipinski definition) is 4. The summed E-state index contributed by atoms with van der Waals surface area (Å²) < 4.78 is 65.7. The highest BCUT2D eigenvalue weighted by Gasteiger charge is 2.45. The molecule has 1 fully saturated rings. The predicted molar refractivity (Wildman–Crippen MR) is 69.9 cm³/mol. The highest BCUT2D eigenvalue weighted by Crippen LogP contribution is 2.36. The van der Waals surface area contributed by atoms with Crippen LogP contribution in [-0.4, -0.2) is 41.8 Å². The molecule has 1 unspecified atom stereocenters. The Balaban J connectivity index is 2.36. The Morgan fingerprint density at radius 2 is 2.00 bits per heavy atom. The molecule has 120 valence electrons. The summed E-state index contributed by atoms with van der Waals surface area (Å²) in [5.41, 5.74) is 5.90. The lowest BCUT2D eigenvalue weighted by Gasteiger charge is -2.32. The molecule has 1 saturated heterocycles. The van der Waals surface area contributed by atoms with Gasteiger partial charge >= 0.3 is 6.18 Å².